The Morgan fingerprint density at radius 2 is 1.76 bits per heavy atom. The molecule has 0 radical (unpaired) electrons. The fraction of sp³-hybridized carbons (Fsp3) is 0.389. The van der Waals surface area contributed by atoms with Gasteiger partial charge in [-0.1, -0.05) is 42.5 Å². The lowest BCUT2D eigenvalue weighted by Crippen LogP contribution is -2.64. The molecular formula is C18H21NO6. The van der Waals surface area contributed by atoms with Crippen LogP contribution in [0.4, 0.5) is 0 Å². The molecule has 1 saturated heterocycles. The average Bonchev–Trinajstić information content (AvgIpc) is 2.61. The molecule has 2 aromatic rings. The molecule has 5 atom stereocenters. The van der Waals surface area contributed by atoms with Gasteiger partial charge in [0.25, 0.3) is 0 Å². The molecule has 1 heterocycles. The second-order valence-electron chi connectivity index (χ2n) is 6.18. The van der Waals surface area contributed by atoms with Crippen LogP contribution in [0.1, 0.15) is 5.56 Å². The second-order valence-corrected chi connectivity index (χ2v) is 6.18. The molecule has 5 N–H and O–H groups in total. The number of rotatable bonds is 4. The van der Waals surface area contributed by atoms with Crippen molar-refractivity contribution in [2.24, 2.45) is 0 Å². The molecule has 1 amide bonds. The van der Waals surface area contributed by atoms with E-state index >= 15 is 0 Å². The zero-order valence-electron chi connectivity index (χ0n) is 13.4. The normalized spacial score (nSPS) is 29.5. The van der Waals surface area contributed by atoms with Gasteiger partial charge in [0.2, 0.25) is 5.91 Å². The molecule has 1 aliphatic heterocycles. The third kappa shape index (κ3) is 3.81. The minimum Gasteiger partial charge on any atom is -0.394 e. The number of amides is 1. The van der Waals surface area contributed by atoms with Crippen molar-refractivity contribution in [2.75, 3.05) is 6.61 Å². The maximum Gasteiger partial charge on any atom is 0.224 e. The second kappa shape index (κ2) is 7.47. The van der Waals surface area contributed by atoms with E-state index < -0.39 is 43.2 Å². The van der Waals surface area contributed by atoms with E-state index in [9.17, 15) is 20.1 Å². The molecule has 7 heteroatoms. The molecule has 0 saturated carbocycles. The van der Waals surface area contributed by atoms with Crippen LogP contribution >= 0.6 is 0 Å². The average molecular weight is 347 g/mol. The monoisotopic (exact) mass is 347 g/mol. The highest BCUT2D eigenvalue weighted by Gasteiger charge is 2.44. The van der Waals surface area contributed by atoms with E-state index in [4.69, 9.17) is 9.84 Å². The van der Waals surface area contributed by atoms with Gasteiger partial charge in [0.15, 0.2) is 6.29 Å². The molecule has 1 aliphatic rings. The molecule has 0 spiro atoms. The van der Waals surface area contributed by atoms with Crippen LogP contribution < -0.4 is 5.32 Å². The molecule has 0 aliphatic carbocycles. The van der Waals surface area contributed by atoms with Gasteiger partial charge < -0.3 is 30.5 Å². The van der Waals surface area contributed by atoms with E-state index in [0.717, 1.165) is 16.3 Å². The Kier molecular flexibility index (Phi) is 5.31. The van der Waals surface area contributed by atoms with Gasteiger partial charge in [0.1, 0.15) is 24.4 Å². The number of ether oxygens (including phenoxy) is 1. The highest BCUT2D eigenvalue weighted by Crippen LogP contribution is 2.20. The van der Waals surface area contributed by atoms with E-state index in [2.05, 4.69) is 5.32 Å². The summed E-state index contributed by atoms with van der Waals surface area (Å²) in [5, 5.41) is 43.4. The summed E-state index contributed by atoms with van der Waals surface area (Å²) < 4.78 is 5.02. The van der Waals surface area contributed by atoms with Crippen LogP contribution in [0.2, 0.25) is 0 Å². The molecule has 0 aromatic heterocycles. The van der Waals surface area contributed by atoms with Gasteiger partial charge in [-0.15, -0.1) is 0 Å². The van der Waals surface area contributed by atoms with Gasteiger partial charge in [-0.3, -0.25) is 4.79 Å². The maximum absolute atomic E-state index is 12.2. The molecular weight excluding hydrogens is 326 g/mol. The molecule has 134 valence electrons. The first-order valence-corrected chi connectivity index (χ1v) is 8.07. The van der Waals surface area contributed by atoms with Crippen LogP contribution in [-0.4, -0.2) is 63.6 Å². The number of carbonyl (C=O) groups excluding carboxylic acids is 1. The Morgan fingerprint density at radius 3 is 2.48 bits per heavy atom. The highest BCUT2D eigenvalue weighted by atomic mass is 16.6. The molecule has 2 aromatic carbocycles. The van der Waals surface area contributed by atoms with Gasteiger partial charge in [-0.2, -0.15) is 0 Å². The Balaban J connectivity index is 1.67. The number of aliphatic hydroxyl groups excluding tert-OH is 4. The SMILES string of the molecule is O=C(Cc1ccc2ccccc2c1)N[C@H]1C(O)O[C@H](CO)[C@@H](O)[C@@H]1O. The quantitative estimate of drug-likeness (QED) is 0.499. The standard InChI is InChI=1S/C18H21NO6/c20-9-13-16(22)17(23)15(18(24)25-13)19-14(21)8-10-5-6-11-3-1-2-4-12(11)7-10/h1-7,13,15-18,20,22-24H,8-9H2,(H,19,21)/t13-,15-,16-,17-,18?/m1/s1. The summed E-state index contributed by atoms with van der Waals surface area (Å²) in [6, 6.07) is 12.3. The molecule has 7 nitrogen and oxygen atoms in total. The largest absolute Gasteiger partial charge is 0.394 e. The Morgan fingerprint density at radius 1 is 1.04 bits per heavy atom. The van der Waals surface area contributed by atoms with Crippen molar-refractivity contribution in [3.63, 3.8) is 0 Å². The van der Waals surface area contributed by atoms with E-state index in [-0.39, 0.29) is 6.42 Å². The van der Waals surface area contributed by atoms with Crippen LogP contribution in [0.15, 0.2) is 42.5 Å². The lowest BCUT2D eigenvalue weighted by Gasteiger charge is -2.40. The lowest BCUT2D eigenvalue weighted by molar-refractivity contribution is -0.253. The van der Waals surface area contributed by atoms with Gasteiger partial charge >= 0.3 is 0 Å². The van der Waals surface area contributed by atoms with Crippen LogP contribution in [0.25, 0.3) is 10.8 Å². The summed E-state index contributed by atoms with van der Waals surface area (Å²) in [5.74, 6) is -0.420. The molecule has 3 rings (SSSR count). The first kappa shape index (κ1) is 17.8. The van der Waals surface area contributed by atoms with Crippen LogP contribution in [-0.2, 0) is 16.0 Å². The Labute approximate surface area is 144 Å². The summed E-state index contributed by atoms with van der Waals surface area (Å²) in [4.78, 5) is 12.2. The van der Waals surface area contributed by atoms with Crippen molar-refractivity contribution in [2.45, 2.75) is 37.1 Å². The predicted molar refractivity (Wildman–Crippen MR) is 89.6 cm³/mol. The van der Waals surface area contributed by atoms with E-state index in [1.807, 2.05) is 42.5 Å². The van der Waals surface area contributed by atoms with Crippen molar-refractivity contribution in [3.8, 4) is 0 Å². The first-order valence-electron chi connectivity index (χ1n) is 8.07. The number of nitrogens with one attached hydrogen (secondary N) is 1. The van der Waals surface area contributed by atoms with Crippen molar-refractivity contribution < 1.29 is 30.0 Å². The van der Waals surface area contributed by atoms with Crippen molar-refractivity contribution in [1.82, 2.24) is 5.32 Å². The zero-order valence-corrected chi connectivity index (χ0v) is 13.4. The van der Waals surface area contributed by atoms with Crippen molar-refractivity contribution >= 4 is 16.7 Å². The van der Waals surface area contributed by atoms with Crippen LogP contribution in [0, 0.1) is 0 Å². The van der Waals surface area contributed by atoms with Crippen molar-refractivity contribution in [3.05, 3.63) is 48.0 Å². The summed E-state index contributed by atoms with van der Waals surface area (Å²) in [6.45, 7) is -0.549. The number of fused-ring (bicyclic) bond motifs is 1. The topological polar surface area (TPSA) is 119 Å². The molecule has 0 bridgehead atoms. The lowest BCUT2D eigenvalue weighted by atomic mass is 9.96. The number of hydrogen-bond acceptors (Lipinski definition) is 6. The van der Waals surface area contributed by atoms with E-state index in [0.29, 0.717) is 0 Å². The number of carbonyl (C=O) groups is 1. The summed E-state index contributed by atoms with van der Waals surface area (Å²) in [5.41, 5.74) is 0.783. The number of aliphatic hydroxyl groups is 4. The fourth-order valence-corrected chi connectivity index (χ4v) is 3.02. The third-order valence-electron chi connectivity index (χ3n) is 4.41. The Hall–Kier alpha value is -2.03. The van der Waals surface area contributed by atoms with Gasteiger partial charge in [0, 0.05) is 0 Å². The summed E-state index contributed by atoms with van der Waals surface area (Å²) in [7, 11) is 0. The number of benzene rings is 2. The van der Waals surface area contributed by atoms with Crippen LogP contribution in [0.5, 0.6) is 0 Å². The van der Waals surface area contributed by atoms with Crippen LogP contribution in [0.3, 0.4) is 0 Å². The molecule has 1 unspecified atom stereocenters. The molecule has 25 heavy (non-hydrogen) atoms. The van der Waals surface area contributed by atoms with Gasteiger partial charge in [-0.05, 0) is 16.3 Å². The molecule has 1 fully saturated rings. The van der Waals surface area contributed by atoms with Gasteiger partial charge in [-0.25, -0.2) is 0 Å². The first-order chi connectivity index (χ1) is 12.0. The maximum atomic E-state index is 12.2. The number of hydrogen-bond donors (Lipinski definition) is 5. The summed E-state index contributed by atoms with van der Waals surface area (Å²) in [6.07, 6.45) is -5.41. The summed E-state index contributed by atoms with van der Waals surface area (Å²) >= 11 is 0. The Bertz CT molecular complexity index is 751. The van der Waals surface area contributed by atoms with Gasteiger partial charge in [0.05, 0.1) is 13.0 Å². The van der Waals surface area contributed by atoms with E-state index in [1.165, 1.54) is 0 Å². The van der Waals surface area contributed by atoms with E-state index in [1.54, 1.807) is 0 Å². The minimum atomic E-state index is -1.52. The third-order valence-corrected chi connectivity index (χ3v) is 4.41. The van der Waals surface area contributed by atoms with Crippen molar-refractivity contribution in [1.29, 1.82) is 0 Å². The highest BCUT2D eigenvalue weighted by molar-refractivity contribution is 5.85. The smallest absolute Gasteiger partial charge is 0.224 e. The zero-order chi connectivity index (χ0) is 18.0. The minimum absolute atomic E-state index is 0.0559. The predicted octanol–water partition coefficient (Wildman–Crippen LogP) is -0.702. The fourth-order valence-electron chi connectivity index (χ4n) is 3.02.